The molecule has 3 saturated carbocycles. The van der Waals surface area contributed by atoms with Crippen LogP contribution in [-0.2, 0) is 16.6 Å². The van der Waals surface area contributed by atoms with Crippen LogP contribution in [0.3, 0.4) is 0 Å². The Kier molecular flexibility index (Phi) is 7.16. The molecule has 0 radical (unpaired) electrons. The smallest absolute Gasteiger partial charge is 0.211 e. The molecule has 6 nitrogen and oxygen atoms in total. The normalized spacial score (nSPS) is 38.4. The number of Topliss-reactive ketones (excluding diaryl/α,β-unsaturated/α-hetero) is 1. The van der Waals surface area contributed by atoms with Gasteiger partial charge in [0.1, 0.15) is 0 Å². The molecular weight excluding hydrogens is 619 g/mol. The second-order valence-corrected chi connectivity index (χ2v) is 18.2. The lowest BCUT2D eigenvalue weighted by Gasteiger charge is -2.71. The lowest BCUT2D eigenvalue weighted by atomic mass is 9.32. The van der Waals surface area contributed by atoms with Gasteiger partial charge in [0.15, 0.2) is 5.78 Å². The van der Waals surface area contributed by atoms with Gasteiger partial charge in [-0.2, -0.15) is 4.31 Å². The minimum absolute atomic E-state index is 0.00555. The van der Waals surface area contributed by atoms with Gasteiger partial charge in [-0.1, -0.05) is 105 Å². The number of allylic oxidation sites excluding steroid dienone is 4. The number of hydrogen-bond acceptors (Lipinski definition) is 5. The van der Waals surface area contributed by atoms with Crippen LogP contribution in [-0.4, -0.2) is 53.2 Å². The van der Waals surface area contributed by atoms with E-state index in [-0.39, 0.29) is 36.1 Å². The van der Waals surface area contributed by atoms with Gasteiger partial charge in [-0.25, -0.2) is 8.42 Å². The van der Waals surface area contributed by atoms with Crippen LogP contribution in [0.5, 0.6) is 0 Å². The SMILES string of the molecule is C[C@]12CC[C@H]3[C@]4(C=C[C@@]5(C=C4C(=O)c4ccccc4)CC(O)CC[C@]35C)[C@@H]1CC[C@@]2(O)CN(Cc1cccc2ccccc12)S(C)(=O)=O. The highest BCUT2D eigenvalue weighted by molar-refractivity contribution is 7.88. The Hall–Kier alpha value is -3.10. The minimum Gasteiger partial charge on any atom is -0.393 e. The first kappa shape index (κ1) is 32.1. The third kappa shape index (κ3) is 4.33. The molecule has 3 fully saturated rings. The molecule has 0 aromatic heterocycles. The Bertz CT molecular complexity index is 1970. The maximum absolute atomic E-state index is 14.7. The summed E-state index contributed by atoms with van der Waals surface area (Å²) in [7, 11) is -3.68. The third-order valence-corrected chi connectivity index (χ3v) is 15.3. The highest BCUT2D eigenvalue weighted by atomic mass is 32.2. The van der Waals surface area contributed by atoms with Gasteiger partial charge in [-0.05, 0) is 78.5 Å². The fourth-order valence-electron chi connectivity index (χ4n) is 11.5. The monoisotopic (exact) mass is 665 g/mol. The zero-order chi connectivity index (χ0) is 33.7. The Morgan fingerprint density at radius 2 is 1.52 bits per heavy atom. The average Bonchev–Trinajstić information content (AvgIpc) is 3.34. The van der Waals surface area contributed by atoms with Crippen molar-refractivity contribution >= 4 is 26.6 Å². The molecule has 6 aliphatic carbocycles. The maximum Gasteiger partial charge on any atom is 0.211 e. The molecular formula is C41H47NO5S. The molecule has 252 valence electrons. The summed E-state index contributed by atoms with van der Waals surface area (Å²) < 4.78 is 28.4. The van der Waals surface area contributed by atoms with Crippen LogP contribution in [0.4, 0.5) is 0 Å². The van der Waals surface area contributed by atoms with Crippen molar-refractivity contribution in [1.82, 2.24) is 4.31 Å². The topological polar surface area (TPSA) is 94.9 Å². The number of aliphatic hydroxyl groups is 2. The number of benzene rings is 3. The average molecular weight is 666 g/mol. The number of nitrogens with zero attached hydrogens (tertiary/aromatic N) is 1. The van der Waals surface area contributed by atoms with Gasteiger partial charge in [0, 0.05) is 40.5 Å². The molecule has 0 amide bonds. The highest BCUT2D eigenvalue weighted by Gasteiger charge is 2.74. The number of hydrogen-bond donors (Lipinski definition) is 2. The van der Waals surface area contributed by atoms with Crippen molar-refractivity contribution in [3.05, 3.63) is 108 Å². The summed E-state index contributed by atoms with van der Waals surface area (Å²) in [5.41, 5.74) is -0.650. The van der Waals surface area contributed by atoms with E-state index in [2.05, 4.69) is 32.1 Å². The van der Waals surface area contributed by atoms with E-state index in [4.69, 9.17) is 0 Å². The lowest BCUT2D eigenvalue weighted by Crippen LogP contribution is -2.67. The summed E-state index contributed by atoms with van der Waals surface area (Å²) in [6, 6.07) is 23.5. The van der Waals surface area contributed by atoms with Gasteiger partial charge in [-0.15, -0.1) is 0 Å². The Morgan fingerprint density at radius 3 is 2.29 bits per heavy atom. The summed E-state index contributed by atoms with van der Waals surface area (Å²) in [6.45, 7) is 4.72. The molecule has 0 aliphatic heterocycles. The van der Waals surface area contributed by atoms with E-state index in [0.717, 1.165) is 47.6 Å². The Balaban J connectivity index is 1.21. The number of fused-ring (bicyclic) bond motifs is 2. The molecule has 9 rings (SSSR count). The van der Waals surface area contributed by atoms with Crippen LogP contribution < -0.4 is 0 Å². The summed E-state index contributed by atoms with van der Waals surface area (Å²) in [6.07, 6.45) is 12.7. The van der Waals surface area contributed by atoms with E-state index in [9.17, 15) is 23.4 Å². The molecule has 3 aromatic carbocycles. The first-order valence-corrected chi connectivity index (χ1v) is 19.5. The number of carbonyl (C=O) groups excluding carboxylic acids is 1. The highest BCUT2D eigenvalue weighted by Crippen LogP contribution is 2.78. The number of carbonyl (C=O) groups is 1. The van der Waals surface area contributed by atoms with Crippen molar-refractivity contribution in [3.8, 4) is 0 Å². The van der Waals surface area contributed by atoms with E-state index >= 15 is 0 Å². The number of sulfonamides is 1. The van der Waals surface area contributed by atoms with Crippen LogP contribution in [0.25, 0.3) is 10.8 Å². The molecule has 8 atom stereocenters. The Labute approximate surface area is 284 Å². The van der Waals surface area contributed by atoms with Crippen molar-refractivity contribution in [1.29, 1.82) is 0 Å². The molecule has 7 heteroatoms. The maximum atomic E-state index is 14.7. The quantitative estimate of drug-likeness (QED) is 0.208. The van der Waals surface area contributed by atoms with E-state index < -0.39 is 38.0 Å². The van der Waals surface area contributed by atoms with Gasteiger partial charge in [0.2, 0.25) is 10.0 Å². The molecule has 6 aliphatic rings. The molecule has 2 bridgehead atoms. The van der Waals surface area contributed by atoms with Gasteiger partial charge >= 0.3 is 0 Å². The molecule has 48 heavy (non-hydrogen) atoms. The summed E-state index contributed by atoms with van der Waals surface area (Å²) in [4.78, 5) is 14.7. The second-order valence-electron chi connectivity index (χ2n) is 16.2. The van der Waals surface area contributed by atoms with E-state index in [0.29, 0.717) is 24.8 Å². The van der Waals surface area contributed by atoms with Crippen molar-refractivity contribution in [2.24, 2.45) is 33.5 Å². The van der Waals surface area contributed by atoms with Crippen molar-refractivity contribution in [3.63, 3.8) is 0 Å². The van der Waals surface area contributed by atoms with Crippen LogP contribution >= 0.6 is 0 Å². The molecule has 2 spiro atoms. The Morgan fingerprint density at radius 1 is 0.854 bits per heavy atom. The van der Waals surface area contributed by atoms with E-state index in [1.165, 1.54) is 10.6 Å². The third-order valence-electron chi connectivity index (χ3n) is 14.1. The summed E-state index contributed by atoms with van der Waals surface area (Å²) in [5.74, 6) is 0.155. The van der Waals surface area contributed by atoms with Crippen molar-refractivity contribution in [2.45, 2.75) is 77.0 Å². The van der Waals surface area contributed by atoms with E-state index in [1.54, 1.807) is 0 Å². The van der Waals surface area contributed by atoms with Crippen molar-refractivity contribution < 1.29 is 23.4 Å². The molecule has 1 unspecified atom stereocenters. The summed E-state index contributed by atoms with van der Waals surface area (Å²) in [5, 5.41) is 25.9. The number of aliphatic hydroxyl groups excluding tert-OH is 1. The van der Waals surface area contributed by atoms with Gasteiger partial charge < -0.3 is 10.2 Å². The van der Waals surface area contributed by atoms with Crippen LogP contribution in [0.2, 0.25) is 0 Å². The fraction of sp³-hybridized carbons (Fsp3) is 0.488. The summed E-state index contributed by atoms with van der Waals surface area (Å²) >= 11 is 0. The first-order valence-electron chi connectivity index (χ1n) is 17.6. The van der Waals surface area contributed by atoms with Gasteiger partial charge in [0.25, 0.3) is 0 Å². The van der Waals surface area contributed by atoms with Crippen LogP contribution in [0.15, 0.2) is 96.6 Å². The number of ketones is 1. The van der Waals surface area contributed by atoms with Crippen LogP contribution in [0, 0.1) is 33.5 Å². The van der Waals surface area contributed by atoms with Crippen molar-refractivity contribution in [2.75, 3.05) is 12.8 Å². The molecule has 0 heterocycles. The fourth-order valence-corrected chi connectivity index (χ4v) is 12.4. The lowest BCUT2D eigenvalue weighted by molar-refractivity contribution is -0.173. The van der Waals surface area contributed by atoms with Gasteiger partial charge in [-0.3, -0.25) is 4.79 Å². The minimum atomic E-state index is -3.68. The van der Waals surface area contributed by atoms with Gasteiger partial charge in [0.05, 0.1) is 18.0 Å². The van der Waals surface area contributed by atoms with Crippen LogP contribution in [0.1, 0.15) is 74.7 Å². The standard InChI is InChI=1S/C41H47NO5S/c1-37-19-16-31(43)24-39(37)22-23-41(33(25-39)36(44)29-11-5-4-6-12-29)34(37)17-20-38(2)35(41)18-21-40(38,45)27-42(48(3,46)47)26-30-14-9-13-28-10-7-8-15-32(28)30/h4-15,22-23,25,31,34-35,43,45H,16-21,24,26-27H2,1-3H3/t31?,34-,35-,37-,38+,39+,40-,41-/m1/s1. The predicted molar refractivity (Wildman–Crippen MR) is 189 cm³/mol. The second kappa shape index (κ2) is 10.7. The van der Waals surface area contributed by atoms with E-state index in [1.807, 2.05) is 72.8 Å². The molecule has 0 saturated heterocycles. The number of rotatable bonds is 7. The zero-order valence-corrected chi connectivity index (χ0v) is 29.0. The first-order chi connectivity index (χ1) is 22.8. The largest absolute Gasteiger partial charge is 0.393 e. The molecule has 2 N–H and O–H groups in total. The predicted octanol–water partition coefficient (Wildman–Crippen LogP) is 7.08. The zero-order valence-electron chi connectivity index (χ0n) is 28.2. The molecule has 3 aromatic rings.